The van der Waals surface area contributed by atoms with Crippen molar-refractivity contribution in [2.45, 2.75) is 6.42 Å². The van der Waals surface area contributed by atoms with E-state index >= 15 is 0 Å². The van der Waals surface area contributed by atoms with Gasteiger partial charge in [-0.3, -0.25) is 4.72 Å². The minimum absolute atomic E-state index is 0.288. The quantitative estimate of drug-likeness (QED) is 0.825. The van der Waals surface area contributed by atoms with Gasteiger partial charge >= 0.3 is 10.2 Å². The van der Waals surface area contributed by atoms with E-state index in [0.717, 1.165) is 4.31 Å². The lowest BCUT2D eigenvalue weighted by atomic mass is 10.3. The monoisotopic (exact) mass is 339 g/mol. The van der Waals surface area contributed by atoms with E-state index in [1.165, 1.54) is 25.2 Å². The fraction of sp³-hybridized carbons (Fsp3) is 0.400. The molecular weight excluding hydrogens is 325 g/mol. The number of benzene rings is 1. The van der Waals surface area contributed by atoms with E-state index in [2.05, 4.69) is 20.7 Å². The van der Waals surface area contributed by atoms with E-state index in [9.17, 15) is 12.8 Å². The normalized spacial score (nSPS) is 11.8. The van der Waals surface area contributed by atoms with Crippen molar-refractivity contribution >= 4 is 31.8 Å². The van der Waals surface area contributed by atoms with Crippen LogP contribution in [-0.2, 0) is 10.2 Å². The molecule has 0 aliphatic carbocycles. The molecule has 18 heavy (non-hydrogen) atoms. The summed E-state index contributed by atoms with van der Waals surface area (Å²) in [6, 6.07) is 3.73. The fourth-order valence-electron chi connectivity index (χ4n) is 1.22. The molecule has 5 nitrogen and oxygen atoms in total. The van der Waals surface area contributed by atoms with E-state index in [4.69, 9.17) is 5.73 Å². The van der Waals surface area contributed by atoms with Gasteiger partial charge in [-0.1, -0.05) is 0 Å². The van der Waals surface area contributed by atoms with Gasteiger partial charge in [0.2, 0.25) is 0 Å². The molecule has 0 amide bonds. The second kappa shape index (κ2) is 6.46. The van der Waals surface area contributed by atoms with Crippen LogP contribution in [0, 0.1) is 5.82 Å². The van der Waals surface area contributed by atoms with Crippen LogP contribution in [0.15, 0.2) is 22.7 Å². The molecule has 0 heterocycles. The Morgan fingerprint density at radius 3 is 2.72 bits per heavy atom. The summed E-state index contributed by atoms with van der Waals surface area (Å²) >= 11 is 3.10. The van der Waals surface area contributed by atoms with E-state index in [1.54, 1.807) is 0 Å². The van der Waals surface area contributed by atoms with Crippen molar-refractivity contribution in [2.75, 3.05) is 24.9 Å². The molecule has 0 saturated heterocycles. The van der Waals surface area contributed by atoms with Gasteiger partial charge in [-0.25, -0.2) is 4.39 Å². The van der Waals surface area contributed by atoms with Crippen LogP contribution in [0.1, 0.15) is 6.42 Å². The molecular formula is C10H15BrFN3O2S. The predicted octanol–water partition coefficient (Wildman–Crippen LogP) is 1.53. The van der Waals surface area contributed by atoms with Crippen molar-refractivity contribution in [3.63, 3.8) is 0 Å². The number of nitrogens with zero attached hydrogens (tertiary/aromatic N) is 1. The highest BCUT2D eigenvalue weighted by Crippen LogP contribution is 2.24. The van der Waals surface area contributed by atoms with E-state index < -0.39 is 16.0 Å². The van der Waals surface area contributed by atoms with Gasteiger partial charge in [0.15, 0.2) is 0 Å². The van der Waals surface area contributed by atoms with E-state index in [1.807, 2.05) is 0 Å². The first-order valence-electron chi connectivity index (χ1n) is 5.26. The third-order valence-electron chi connectivity index (χ3n) is 2.26. The van der Waals surface area contributed by atoms with Crippen LogP contribution in [0.3, 0.4) is 0 Å². The fourth-order valence-corrected chi connectivity index (χ4v) is 2.79. The Hall–Kier alpha value is -0.700. The van der Waals surface area contributed by atoms with Crippen LogP contribution in [0.25, 0.3) is 0 Å². The van der Waals surface area contributed by atoms with Gasteiger partial charge in [-0.05, 0) is 47.1 Å². The minimum atomic E-state index is -3.65. The lowest BCUT2D eigenvalue weighted by molar-refractivity contribution is 0.468. The zero-order valence-electron chi connectivity index (χ0n) is 9.86. The molecule has 1 rings (SSSR count). The Morgan fingerprint density at radius 2 is 2.17 bits per heavy atom. The average Bonchev–Trinajstić information content (AvgIpc) is 2.29. The molecule has 0 fully saturated rings. The Morgan fingerprint density at radius 1 is 1.50 bits per heavy atom. The van der Waals surface area contributed by atoms with Crippen LogP contribution in [0.2, 0.25) is 0 Å². The van der Waals surface area contributed by atoms with Crippen molar-refractivity contribution in [2.24, 2.45) is 5.73 Å². The zero-order valence-corrected chi connectivity index (χ0v) is 12.3. The third-order valence-corrected chi connectivity index (χ3v) is 4.39. The third kappa shape index (κ3) is 4.20. The number of rotatable bonds is 6. The number of nitrogens with one attached hydrogen (secondary N) is 1. The van der Waals surface area contributed by atoms with Gasteiger partial charge in [-0.15, -0.1) is 0 Å². The number of anilines is 1. The van der Waals surface area contributed by atoms with Crippen molar-refractivity contribution in [3.05, 3.63) is 28.5 Å². The Balaban J connectivity index is 2.82. The smallest absolute Gasteiger partial charge is 0.301 e. The molecule has 0 aromatic heterocycles. The van der Waals surface area contributed by atoms with Gasteiger partial charge in [0.05, 0.1) is 5.69 Å². The second-order valence-electron chi connectivity index (χ2n) is 3.70. The van der Waals surface area contributed by atoms with Gasteiger partial charge in [0.25, 0.3) is 0 Å². The van der Waals surface area contributed by atoms with E-state index in [0.29, 0.717) is 24.0 Å². The van der Waals surface area contributed by atoms with Gasteiger partial charge in [0.1, 0.15) is 5.82 Å². The highest BCUT2D eigenvalue weighted by Gasteiger charge is 2.18. The first-order valence-corrected chi connectivity index (χ1v) is 7.49. The maximum Gasteiger partial charge on any atom is 0.301 e. The first kappa shape index (κ1) is 15.4. The molecule has 1 aromatic rings. The second-order valence-corrected chi connectivity index (χ2v) is 6.33. The van der Waals surface area contributed by atoms with Gasteiger partial charge in [0, 0.05) is 18.1 Å². The summed E-state index contributed by atoms with van der Waals surface area (Å²) < 4.78 is 40.6. The number of hydrogen-bond donors (Lipinski definition) is 2. The summed E-state index contributed by atoms with van der Waals surface area (Å²) in [5.74, 6) is -0.443. The summed E-state index contributed by atoms with van der Waals surface area (Å²) in [5, 5.41) is 0. The lowest BCUT2D eigenvalue weighted by Gasteiger charge is -2.18. The molecule has 0 spiro atoms. The molecule has 0 bridgehead atoms. The van der Waals surface area contributed by atoms with Crippen LogP contribution in [0.4, 0.5) is 10.1 Å². The minimum Gasteiger partial charge on any atom is -0.330 e. The number of nitrogens with two attached hydrogens (primary N) is 1. The van der Waals surface area contributed by atoms with Crippen LogP contribution < -0.4 is 10.5 Å². The number of hydrogen-bond acceptors (Lipinski definition) is 3. The van der Waals surface area contributed by atoms with Crippen molar-refractivity contribution in [1.82, 2.24) is 4.31 Å². The van der Waals surface area contributed by atoms with E-state index in [-0.39, 0.29) is 5.69 Å². The maximum atomic E-state index is 12.9. The average molecular weight is 340 g/mol. The molecule has 0 radical (unpaired) electrons. The lowest BCUT2D eigenvalue weighted by Crippen LogP contribution is -2.34. The Kier molecular flexibility index (Phi) is 5.51. The highest BCUT2D eigenvalue weighted by atomic mass is 79.9. The van der Waals surface area contributed by atoms with Crippen LogP contribution >= 0.6 is 15.9 Å². The maximum absolute atomic E-state index is 12.9. The van der Waals surface area contributed by atoms with Gasteiger partial charge in [-0.2, -0.15) is 12.7 Å². The molecule has 0 aliphatic heterocycles. The molecule has 3 N–H and O–H groups in total. The molecule has 0 saturated carbocycles. The molecule has 8 heteroatoms. The summed E-state index contributed by atoms with van der Waals surface area (Å²) in [6.07, 6.45) is 0.571. The van der Waals surface area contributed by atoms with Gasteiger partial charge < -0.3 is 5.73 Å². The summed E-state index contributed by atoms with van der Waals surface area (Å²) in [4.78, 5) is 0. The van der Waals surface area contributed by atoms with Crippen LogP contribution in [-0.4, -0.2) is 32.9 Å². The summed E-state index contributed by atoms with van der Waals surface area (Å²) in [6.45, 7) is 0.741. The number of halogens is 2. The molecule has 0 unspecified atom stereocenters. The van der Waals surface area contributed by atoms with Crippen LogP contribution in [0.5, 0.6) is 0 Å². The largest absolute Gasteiger partial charge is 0.330 e. The van der Waals surface area contributed by atoms with Crippen molar-refractivity contribution in [1.29, 1.82) is 0 Å². The molecule has 1 aromatic carbocycles. The zero-order chi connectivity index (χ0) is 13.8. The predicted molar refractivity (Wildman–Crippen MR) is 72.9 cm³/mol. The molecule has 0 aliphatic rings. The molecule has 0 atom stereocenters. The molecule has 102 valence electrons. The first-order chi connectivity index (χ1) is 8.36. The standard InChI is InChI=1S/C10H15BrFN3O2S/c1-15(6-2-5-13)18(16,17)14-10-4-3-8(12)7-9(10)11/h3-4,7,14H,2,5-6,13H2,1H3. The topological polar surface area (TPSA) is 75.4 Å². The SMILES string of the molecule is CN(CCCN)S(=O)(=O)Nc1ccc(F)cc1Br. The van der Waals surface area contributed by atoms with Crippen molar-refractivity contribution < 1.29 is 12.8 Å². The highest BCUT2D eigenvalue weighted by molar-refractivity contribution is 9.10. The Bertz CT molecular complexity index is 510. The summed E-state index contributed by atoms with van der Waals surface area (Å²) in [5.41, 5.74) is 5.61. The summed E-state index contributed by atoms with van der Waals surface area (Å²) in [7, 11) is -2.19. The van der Waals surface area contributed by atoms with Crippen molar-refractivity contribution in [3.8, 4) is 0 Å². The Labute approximate surface area is 114 Å².